The monoisotopic (exact) mass is 294 g/mol. The van der Waals surface area contributed by atoms with Gasteiger partial charge in [-0.15, -0.1) is 10.2 Å². The molecule has 22 heavy (non-hydrogen) atoms. The zero-order valence-electron chi connectivity index (χ0n) is 12.0. The van der Waals surface area contributed by atoms with Crippen molar-refractivity contribution in [3.63, 3.8) is 0 Å². The number of aryl methyl sites for hydroxylation is 1. The summed E-state index contributed by atoms with van der Waals surface area (Å²) in [5, 5.41) is 10.6. The molecule has 0 spiro atoms. The number of aromatic nitrogens is 3. The molecule has 3 aromatic rings. The van der Waals surface area contributed by atoms with E-state index in [1.807, 2.05) is 31.2 Å². The molecule has 6 heteroatoms. The Morgan fingerprint density at radius 2 is 1.82 bits per heavy atom. The Labute approximate surface area is 127 Å². The molecule has 0 fully saturated rings. The number of nitrogens with one attached hydrogen (secondary N) is 1. The van der Waals surface area contributed by atoms with Crippen molar-refractivity contribution in [2.24, 2.45) is 0 Å². The van der Waals surface area contributed by atoms with E-state index in [4.69, 9.17) is 4.42 Å². The first-order valence-electron chi connectivity index (χ1n) is 6.80. The van der Waals surface area contributed by atoms with Crippen molar-refractivity contribution in [2.45, 2.75) is 13.3 Å². The van der Waals surface area contributed by atoms with E-state index in [1.54, 1.807) is 24.5 Å². The summed E-state index contributed by atoms with van der Waals surface area (Å²) < 4.78 is 5.49. The molecule has 0 aliphatic carbocycles. The molecular formula is C16H14N4O2. The van der Waals surface area contributed by atoms with Gasteiger partial charge in [0.15, 0.2) is 0 Å². The molecule has 0 atom stereocenters. The highest BCUT2D eigenvalue weighted by Crippen LogP contribution is 2.16. The van der Waals surface area contributed by atoms with Crippen molar-refractivity contribution in [1.29, 1.82) is 0 Å². The first-order chi connectivity index (χ1) is 10.7. The summed E-state index contributed by atoms with van der Waals surface area (Å²) >= 11 is 0. The maximum atomic E-state index is 12.0. The molecule has 1 amide bonds. The number of carbonyl (C=O) groups excluding carboxylic acids is 1. The summed E-state index contributed by atoms with van der Waals surface area (Å²) in [6.07, 6.45) is 3.32. The van der Waals surface area contributed by atoms with E-state index in [-0.39, 0.29) is 18.2 Å². The predicted molar refractivity (Wildman–Crippen MR) is 81.0 cm³/mol. The zero-order valence-corrected chi connectivity index (χ0v) is 12.0. The standard InChI is InChI=1S/C16H14N4O2/c1-11-2-4-13(5-3-11)18-14(21)10-15-19-20-16(22-15)12-6-8-17-9-7-12/h2-9H,10H2,1H3,(H,18,21). The lowest BCUT2D eigenvalue weighted by atomic mass is 10.2. The minimum Gasteiger partial charge on any atom is -0.420 e. The quantitative estimate of drug-likeness (QED) is 0.800. The largest absolute Gasteiger partial charge is 0.420 e. The van der Waals surface area contributed by atoms with Gasteiger partial charge in [-0.1, -0.05) is 17.7 Å². The molecule has 3 rings (SSSR count). The number of amides is 1. The number of anilines is 1. The van der Waals surface area contributed by atoms with Crippen LogP contribution in [0, 0.1) is 6.92 Å². The second-order valence-corrected chi connectivity index (χ2v) is 4.83. The molecule has 6 nitrogen and oxygen atoms in total. The Morgan fingerprint density at radius 3 is 2.55 bits per heavy atom. The van der Waals surface area contributed by atoms with Gasteiger partial charge in [0, 0.05) is 23.6 Å². The van der Waals surface area contributed by atoms with E-state index in [1.165, 1.54) is 0 Å². The number of hydrogen-bond acceptors (Lipinski definition) is 5. The van der Waals surface area contributed by atoms with Crippen LogP contribution in [-0.4, -0.2) is 21.1 Å². The van der Waals surface area contributed by atoms with Gasteiger partial charge in [-0.25, -0.2) is 0 Å². The average Bonchev–Trinajstić information content (AvgIpc) is 2.99. The van der Waals surface area contributed by atoms with E-state index in [0.717, 1.165) is 16.8 Å². The van der Waals surface area contributed by atoms with Crippen molar-refractivity contribution in [2.75, 3.05) is 5.32 Å². The van der Waals surface area contributed by atoms with Crippen LogP contribution in [0.5, 0.6) is 0 Å². The zero-order chi connectivity index (χ0) is 15.4. The maximum absolute atomic E-state index is 12.0. The van der Waals surface area contributed by atoms with E-state index >= 15 is 0 Å². The molecular weight excluding hydrogens is 280 g/mol. The highest BCUT2D eigenvalue weighted by molar-refractivity contribution is 5.91. The van der Waals surface area contributed by atoms with E-state index in [9.17, 15) is 4.79 Å². The third kappa shape index (κ3) is 3.35. The second-order valence-electron chi connectivity index (χ2n) is 4.83. The number of rotatable bonds is 4. The van der Waals surface area contributed by atoms with Gasteiger partial charge in [0.1, 0.15) is 6.42 Å². The Kier molecular flexibility index (Phi) is 3.91. The van der Waals surface area contributed by atoms with Crippen LogP contribution in [0.15, 0.2) is 53.2 Å². The Balaban J connectivity index is 1.65. The van der Waals surface area contributed by atoms with Crippen molar-refractivity contribution in [1.82, 2.24) is 15.2 Å². The summed E-state index contributed by atoms with van der Waals surface area (Å²) in [5.41, 5.74) is 2.65. The van der Waals surface area contributed by atoms with Gasteiger partial charge in [-0.2, -0.15) is 0 Å². The lowest BCUT2D eigenvalue weighted by Crippen LogP contribution is -2.14. The smallest absolute Gasteiger partial charge is 0.247 e. The number of carbonyl (C=O) groups is 1. The van der Waals surface area contributed by atoms with E-state index in [0.29, 0.717) is 5.89 Å². The van der Waals surface area contributed by atoms with Gasteiger partial charge in [0.05, 0.1) is 0 Å². The molecule has 0 aliphatic heterocycles. The van der Waals surface area contributed by atoms with Crippen LogP contribution in [0.3, 0.4) is 0 Å². The minimum absolute atomic E-state index is 0.0337. The van der Waals surface area contributed by atoms with Crippen molar-refractivity contribution in [3.05, 3.63) is 60.2 Å². The molecule has 2 aromatic heterocycles. The van der Waals surface area contributed by atoms with Crippen molar-refractivity contribution in [3.8, 4) is 11.5 Å². The Morgan fingerprint density at radius 1 is 1.09 bits per heavy atom. The van der Waals surface area contributed by atoms with Crippen molar-refractivity contribution < 1.29 is 9.21 Å². The predicted octanol–water partition coefficient (Wildman–Crippen LogP) is 2.62. The first-order valence-corrected chi connectivity index (χ1v) is 6.80. The van der Waals surface area contributed by atoms with Gasteiger partial charge in [-0.05, 0) is 31.2 Å². The second kappa shape index (κ2) is 6.17. The van der Waals surface area contributed by atoms with Crippen molar-refractivity contribution >= 4 is 11.6 Å². The third-order valence-electron chi connectivity index (χ3n) is 3.04. The number of hydrogen-bond donors (Lipinski definition) is 1. The fourth-order valence-corrected chi connectivity index (χ4v) is 1.92. The van der Waals surface area contributed by atoms with Crippen LogP contribution < -0.4 is 5.32 Å². The molecule has 0 unspecified atom stereocenters. The Bertz CT molecular complexity index is 766. The fourth-order valence-electron chi connectivity index (χ4n) is 1.92. The molecule has 0 bridgehead atoms. The average molecular weight is 294 g/mol. The molecule has 110 valence electrons. The topological polar surface area (TPSA) is 80.9 Å². The molecule has 0 saturated carbocycles. The molecule has 1 aromatic carbocycles. The van der Waals surface area contributed by atoms with Crippen LogP contribution >= 0.6 is 0 Å². The summed E-state index contributed by atoms with van der Waals surface area (Å²) in [5.74, 6) is 0.450. The number of nitrogens with zero attached hydrogens (tertiary/aromatic N) is 3. The fraction of sp³-hybridized carbons (Fsp3) is 0.125. The van der Waals surface area contributed by atoms with Crippen LogP contribution in [-0.2, 0) is 11.2 Å². The van der Waals surface area contributed by atoms with E-state index in [2.05, 4.69) is 20.5 Å². The van der Waals surface area contributed by atoms with Gasteiger partial charge in [-0.3, -0.25) is 9.78 Å². The third-order valence-corrected chi connectivity index (χ3v) is 3.04. The first kappa shape index (κ1) is 13.9. The molecule has 0 saturated heterocycles. The summed E-state index contributed by atoms with van der Waals surface area (Å²) in [7, 11) is 0. The van der Waals surface area contributed by atoms with E-state index < -0.39 is 0 Å². The SMILES string of the molecule is Cc1ccc(NC(=O)Cc2nnc(-c3ccncc3)o2)cc1. The molecule has 0 radical (unpaired) electrons. The molecule has 2 heterocycles. The van der Waals surface area contributed by atoms with Crippen LogP contribution in [0.4, 0.5) is 5.69 Å². The van der Waals surface area contributed by atoms with Crippen LogP contribution in [0.25, 0.3) is 11.5 Å². The molecule has 1 N–H and O–H groups in total. The maximum Gasteiger partial charge on any atom is 0.247 e. The minimum atomic E-state index is -0.200. The summed E-state index contributed by atoms with van der Waals surface area (Å²) in [6.45, 7) is 1.99. The summed E-state index contributed by atoms with van der Waals surface area (Å²) in [4.78, 5) is 15.9. The normalized spacial score (nSPS) is 10.4. The van der Waals surface area contributed by atoms with Crippen LogP contribution in [0.1, 0.15) is 11.5 Å². The van der Waals surface area contributed by atoms with Gasteiger partial charge >= 0.3 is 0 Å². The van der Waals surface area contributed by atoms with Crippen LogP contribution in [0.2, 0.25) is 0 Å². The molecule has 0 aliphatic rings. The Hall–Kier alpha value is -3.02. The summed E-state index contributed by atoms with van der Waals surface area (Å²) in [6, 6.07) is 11.1. The number of pyridine rings is 1. The van der Waals surface area contributed by atoms with Gasteiger partial charge < -0.3 is 9.73 Å². The lowest BCUT2D eigenvalue weighted by Gasteiger charge is -2.03. The lowest BCUT2D eigenvalue weighted by molar-refractivity contribution is -0.115. The van der Waals surface area contributed by atoms with Gasteiger partial charge in [0.25, 0.3) is 0 Å². The number of benzene rings is 1. The van der Waals surface area contributed by atoms with Gasteiger partial charge in [0.2, 0.25) is 17.7 Å². The highest BCUT2D eigenvalue weighted by atomic mass is 16.4. The highest BCUT2D eigenvalue weighted by Gasteiger charge is 2.12.